The van der Waals surface area contributed by atoms with Crippen molar-refractivity contribution in [2.45, 2.75) is 18.9 Å². The van der Waals surface area contributed by atoms with E-state index in [9.17, 15) is 0 Å². The van der Waals surface area contributed by atoms with Gasteiger partial charge in [0.2, 0.25) is 0 Å². The highest BCUT2D eigenvalue weighted by Crippen LogP contribution is 2.31. The fourth-order valence-electron chi connectivity index (χ4n) is 1.92. The number of nitrogens with one attached hydrogen (secondary N) is 1. The molecular formula is C10H14N2. The van der Waals surface area contributed by atoms with E-state index in [1.807, 2.05) is 13.1 Å². The van der Waals surface area contributed by atoms with Crippen LogP contribution in [0.3, 0.4) is 0 Å². The predicted octanol–water partition coefficient (Wildman–Crippen LogP) is 1.48. The second-order valence-corrected chi connectivity index (χ2v) is 3.34. The molecule has 0 amide bonds. The van der Waals surface area contributed by atoms with Crippen molar-refractivity contribution in [2.24, 2.45) is 0 Å². The van der Waals surface area contributed by atoms with Gasteiger partial charge < -0.3 is 11.1 Å². The smallest absolute Gasteiger partial charge is 0.0324 e. The average Bonchev–Trinajstić information content (AvgIpc) is 2.46. The molecule has 0 saturated heterocycles. The molecule has 2 nitrogen and oxygen atoms in total. The number of nitrogens with two attached hydrogens (primary N) is 1. The summed E-state index contributed by atoms with van der Waals surface area (Å²) in [5.41, 5.74) is 9.43. The number of hydrogen-bond donors (Lipinski definition) is 2. The van der Waals surface area contributed by atoms with Gasteiger partial charge in [-0.2, -0.15) is 0 Å². The van der Waals surface area contributed by atoms with E-state index in [4.69, 9.17) is 5.73 Å². The zero-order valence-corrected chi connectivity index (χ0v) is 7.30. The third-order valence-corrected chi connectivity index (χ3v) is 2.60. The maximum absolute atomic E-state index is 5.72. The molecule has 0 aromatic heterocycles. The molecule has 2 heteroatoms. The molecule has 0 aliphatic heterocycles. The topological polar surface area (TPSA) is 38.0 Å². The van der Waals surface area contributed by atoms with Crippen molar-refractivity contribution in [1.29, 1.82) is 0 Å². The van der Waals surface area contributed by atoms with Gasteiger partial charge in [0.05, 0.1) is 0 Å². The molecule has 0 saturated carbocycles. The summed E-state index contributed by atoms with van der Waals surface area (Å²) in [6, 6.07) is 6.73. The van der Waals surface area contributed by atoms with Crippen molar-refractivity contribution in [3.8, 4) is 0 Å². The first-order valence-corrected chi connectivity index (χ1v) is 4.37. The molecule has 1 aromatic rings. The molecule has 64 valence electrons. The van der Waals surface area contributed by atoms with Crippen molar-refractivity contribution in [3.05, 3.63) is 29.3 Å². The Balaban J connectivity index is 2.42. The van der Waals surface area contributed by atoms with Crippen LogP contribution in [0.2, 0.25) is 0 Å². The molecule has 1 atom stereocenters. The van der Waals surface area contributed by atoms with Gasteiger partial charge in [0.15, 0.2) is 0 Å². The molecule has 0 heterocycles. The lowest BCUT2D eigenvalue weighted by Gasteiger charge is -2.09. The highest BCUT2D eigenvalue weighted by atomic mass is 14.9. The van der Waals surface area contributed by atoms with Gasteiger partial charge >= 0.3 is 0 Å². The molecule has 2 rings (SSSR count). The summed E-state index contributed by atoms with van der Waals surface area (Å²) in [6.45, 7) is 0. The van der Waals surface area contributed by atoms with Gasteiger partial charge in [-0.05, 0) is 43.1 Å². The van der Waals surface area contributed by atoms with E-state index in [1.54, 1.807) is 0 Å². The molecule has 12 heavy (non-hydrogen) atoms. The summed E-state index contributed by atoms with van der Waals surface area (Å²) in [5, 5.41) is 3.29. The largest absolute Gasteiger partial charge is 0.399 e. The third-order valence-electron chi connectivity index (χ3n) is 2.60. The maximum atomic E-state index is 5.72. The quantitative estimate of drug-likeness (QED) is 0.614. The molecule has 1 aliphatic carbocycles. The predicted molar refractivity (Wildman–Crippen MR) is 51.0 cm³/mol. The van der Waals surface area contributed by atoms with Crippen molar-refractivity contribution in [2.75, 3.05) is 12.8 Å². The molecular weight excluding hydrogens is 148 g/mol. The second-order valence-electron chi connectivity index (χ2n) is 3.34. The first-order chi connectivity index (χ1) is 5.81. The SMILES string of the molecule is CNC1CCc2ccc(N)cc21. The maximum Gasteiger partial charge on any atom is 0.0324 e. The van der Waals surface area contributed by atoms with Crippen LogP contribution in [0.25, 0.3) is 0 Å². The van der Waals surface area contributed by atoms with Crippen LogP contribution in [-0.4, -0.2) is 7.05 Å². The minimum atomic E-state index is 0.517. The van der Waals surface area contributed by atoms with E-state index < -0.39 is 0 Å². The average molecular weight is 162 g/mol. The number of rotatable bonds is 1. The molecule has 1 unspecified atom stereocenters. The summed E-state index contributed by atoms with van der Waals surface area (Å²) in [7, 11) is 2.00. The van der Waals surface area contributed by atoms with Gasteiger partial charge in [0.25, 0.3) is 0 Å². The summed E-state index contributed by atoms with van der Waals surface area (Å²) < 4.78 is 0. The fourth-order valence-corrected chi connectivity index (χ4v) is 1.92. The number of anilines is 1. The third kappa shape index (κ3) is 1.08. The molecule has 0 bridgehead atoms. The Morgan fingerprint density at radius 3 is 3.08 bits per heavy atom. The highest BCUT2D eigenvalue weighted by molar-refractivity contribution is 5.47. The van der Waals surface area contributed by atoms with Gasteiger partial charge in [-0.3, -0.25) is 0 Å². The highest BCUT2D eigenvalue weighted by Gasteiger charge is 2.20. The zero-order chi connectivity index (χ0) is 8.55. The Labute approximate surface area is 72.8 Å². The first-order valence-electron chi connectivity index (χ1n) is 4.37. The van der Waals surface area contributed by atoms with Gasteiger partial charge in [0.1, 0.15) is 0 Å². The molecule has 0 radical (unpaired) electrons. The van der Waals surface area contributed by atoms with Gasteiger partial charge in [0, 0.05) is 11.7 Å². The van der Waals surface area contributed by atoms with Gasteiger partial charge in [-0.1, -0.05) is 6.07 Å². The van der Waals surface area contributed by atoms with Gasteiger partial charge in [-0.15, -0.1) is 0 Å². The Hall–Kier alpha value is -1.02. The van der Waals surface area contributed by atoms with E-state index in [0.29, 0.717) is 6.04 Å². The van der Waals surface area contributed by atoms with Crippen LogP contribution >= 0.6 is 0 Å². The Morgan fingerprint density at radius 2 is 2.33 bits per heavy atom. The number of hydrogen-bond acceptors (Lipinski definition) is 2. The number of benzene rings is 1. The van der Waals surface area contributed by atoms with Crippen LogP contribution in [0, 0.1) is 0 Å². The van der Waals surface area contributed by atoms with E-state index in [1.165, 1.54) is 24.0 Å². The van der Waals surface area contributed by atoms with Crippen LogP contribution in [0.1, 0.15) is 23.6 Å². The minimum absolute atomic E-state index is 0.517. The number of aryl methyl sites for hydroxylation is 1. The van der Waals surface area contributed by atoms with E-state index >= 15 is 0 Å². The monoisotopic (exact) mass is 162 g/mol. The Morgan fingerprint density at radius 1 is 1.50 bits per heavy atom. The number of fused-ring (bicyclic) bond motifs is 1. The lowest BCUT2D eigenvalue weighted by molar-refractivity contribution is 0.590. The molecule has 3 N–H and O–H groups in total. The lowest BCUT2D eigenvalue weighted by atomic mass is 10.1. The van der Waals surface area contributed by atoms with E-state index in [2.05, 4.69) is 17.4 Å². The van der Waals surface area contributed by atoms with Crippen LogP contribution in [0.15, 0.2) is 18.2 Å². The summed E-state index contributed by atoms with van der Waals surface area (Å²) in [6.07, 6.45) is 2.39. The second kappa shape index (κ2) is 2.79. The first kappa shape index (κ1) is 7.62. The number of nitrogen functional groups attached to an aromatic ring is 1. The molecule has 0 spiro atoms. The summed E-state index contributed by atoms with van der Waals surface area (Å²) in [5.74, 6) is 0. The Kier molecular flexibility index (Phi) is 1.77. The van der Waals surface area contributed by atoms with Crippen molar-refractivity contribution < 1.29 is 0 Å². The van der Waals surface area contributed by atoms with Crippen molar-refractivity contribution >= 4 is 5.69 Å². The molecule has 1 aromatic carbocycles. The van der Waals surface area contributed by atoms with E-state index in [0.717, 1.165) is 5.69 Å². The fraction of sp³-hybridized carbons (Fsp3) is 0.400. The Bertz CT molecular complexity index is 294. The minimum Gasteiger partial charge on any atom is -0.399 e. The molecule has 0 fully saturated rings. The standard InChI is InChI=1S/C10H14N2/c1-12-10-5-3-7-2-4-8(11)6-9(7)10/h2,4,6,10,12H,3,5,11H2,1H3. The van der Waals surface area contributed by atoms with Gasteiger partial charge in [-0.25, -0.2) is 0 Å². The van der Waals surface area contributed by atoms with Crippen LogP contribution in [-0.2, 0) is 6.42 Å². The summed E-state index contributed by atoms with van der Waals surface area (Å²) in [4.78, 5) is 0. The zero-order valence-electron chi connectivity index (χ0n) is 7.30. The van der Waals surface area contributed by atoms with Crippen molar-refractivity contribution in [3.63, 3.8) is 0 Å². The normalized spacial score (nSPS) is 20.9. The lowest BCUT2D eigenvalue weighted by Crippen LogP contribution is -2.12. The van der Waals surface area contributed by atoms with Crippen molar-refractivity contribution in [1.82, 2.24) is 5.32 Å². The van der Waals surface area contributed by atoms with Crippen LogP contribution in [0.5, 0.6) is 0 Å². The van der Waals surface area contributed by atoms with Crippen LogP contribution in [0.4, 0.5) is 5.69 Å². The molecule has 1 aliphatic rings. The van der Waals surface area contributed by atoms with E-state index in [-0.39, 0.29) is 0 Å². The summed E-state index contributed by atoms with van der Waals surface area (Å²) >= 11 is 0. The van der Waals surface area contributed by atoms with Crippen LogP contribution < -0.4 is 11.1 Å².